The molecular weight excluding hydrogens is 294 g/mol. The third-order valence-corrected chi connectivity index (χ3v) is 6.52. The molecule has 2 aliphatic rings. The van der Waals surface area contributed by atoms with E-state index in [0.717, 1.165) is 49.5 Å². The van der Waals surface area contributed by atoms with Crippen LogP contribution in [0.5, 0.6) is 0 Å². The van der Waals surface area contributed by atoms with Gasteiger partial charge in [0, 0.05) is 38.4 Å². The summed E-state index contributed by atoms with van der Waals surface area (Å²) in [5, 5.41) is 0. The van der Waals surface area contributed by atoms with Crippen molar-refractivity contribution in [3.8, 4) is 12.3 Å². The van der Waals surface area contributed by atoms with Gasteiger partial charge < -0.3 is 4.90 Å². The number of anilines is 1. The lowest BCUT2D eigenvalue weighted by molar-refractivity contribution is 0.158. The molecule has 1 aliphatic carbocycles. The van der Waals surface area contributed by atoms with Crippen LogP contribution in [0.2, 0.25) is 0 Å². The van der Waals surface area contributed by atoms with Gasteiger partial charge in [0.25, 0.3) is 0 Å². The molecule has 130 valence electrons. The van der Waals surface area contributed by atoms with Crippen LogP contribution in [0.4, 0.5) is 5.69 Å². The van der Waals surface area contributed by atoms with Crippen molar-refractivity contribution < 1.29 is 0 Å². The van der Waals surface area contributed by atoms with E-state index in [2.05, 4.69) is 47.5 Å². The molecule has 2 unspecified atom stereocenters. The molecule has 0 radical (unpaired) electrons. The minimum Gasteiger partial charge on any atom is -0.367 e. The summed E-state index contributed by atoms with van der Waals surface area (Å²) in [6.07, 6.45) is 12.8. The van der Waals surface area contributed by atoms with Gasteiger partial charge in [0.15, 0.2) is 0 Å². The number of rotatable bonds is 4. The van der Waals surface area contributed by atoms with Gasteiger partial charge in [0.05, 0.1) is 5.69 Å². The SMILES string of the molecule is C#Cc1ncccc1N1CCN(C2CCC(C(C)(C)CC)C2)CC1. The Morgan fingerprint density at radius 1 is 1.25 bits per heavy atom. The highest BCUT2D eigenvalue weighted by molar-refractivity contribution is 5.56. The van der Waals surface area contributed by atoms with Crippen molar-refractivity contribution in [2.45, 2.75) is 52.5 Å². The van der Waals surface area contributed by atoms with E-state index < -0.39 is 0 Å². The van der Waals surface area contributed by atoms with Crippen molar-refractivity contribution in [2.24, 2.45) is 11.3 Å². The summed E-state index contributed by atoms with van der Waals surface area (Å²) in [7, 11) is 0. The summed E-state index contributed by atoms with van der Waals surface area (Å²) in [5.74, 6) is 3.61. The Morgan fingerprint density at radius 2 is 2.00 bits per heavy atom. The van der Waals surface area contributed by atoms with Crippen LogP contribution in [0.1, 0.15) is 52.1 Å². The predicted octanol–water partition coefficient (Wildman–Crippen LogP) is 3.79. The highest BCUT2D eigenvalue weighted by Crippen LogP contribution is 2.43. The van der Waals surface area contributed by atoms with Crippen LogP contribution in [-0.2, 0) is 0 Å². The number of hydrogen-bond donors (Lipinski definition) is 0. The van der Waals surface area contributed by atoms with E-state index >= 15 is 0 Å². The number of hydrogen-bond acceptors (Lipinski definition) is 3. The van der Waals surface area contributed by atoms with E-state index in [9.17, 15) is 0 Å². The fraction of sp³-hybridized carbons (Fsp3) is 0.667. The molecule has 1 aromatic heterocycles. The first kappa shape index (κ1) is 17.3. The summed E-state index contributed by atoms with van der Waals surface area (Å²) in [4.78, 5) is 9.44. The molecule has 0 bridgehead atoms. The van der Waals surface area contributed by atoms with Crippen molar-refractivity contribution in [1.82, 2.24) is 9.88 Å². The van der Waals surface area contributed by atoms with Crippen LogP contribution in [0.15, 0.2) is 18.3 Å². The van der Waals surface area contributed by atoms with Gasteiger partial charge >= 0.3 is 0 Å². The fourth-order valence-corrected chi connectivity index (χ4v) is 4.38. The average Bonchev–Trinajstić information content (AvgIpc) is 3.13. The number of piperazine rings is 1. The van der Waals surface area contributed by atoms with Crippen molar-refractivity contribution >= 4 is 5.69 Å². The van der Waals surface area contributed by atoms with Gasteiger partial charge in [-0.2, -0.15) is 0 Å². The largest absolute Gasteiger partial charge is 0.367 e. The molecule has 24 heavy (non-hydrogen) atoms. The van der Waals surface area contributed by atoms with Gasteiger partial charge in [-0.1, -0.05) is 27.2 Å². The minimum atomic E-state index is 0.494. The summed E-state index contributed by atoms with van der Waals surface area (Å²) in [6.45, 7) is 11.6. The maximum atomic E-state index is 5.60. The van der Waals surface area contributed by atoms with Gasteiger partial charge in [-0.15, -0.1) is 6.42 Å². The standard InChI is InChI=1S/C21H31N3/c1-5-19-20(8-7-11-22-19)24-14-12-23(13-15-24)18-10-9-17(16-18)21(3,4)6-2/h1,7-8,11,17-18H,6,9-10,12-16H2,2-4H3. The first-order valence-electron chi connectivity index (χ1n) is 9.45. The van der Waals surface area contributed by atoms with Crippen LogP contribution in [0.25, 0.3) is 0 Å². The highest BCUT2D eigenvalue weighted by atomic mass is 15.3. The Balaban J connectivity index is 1.57. The van der Waals surface area contributed by atoms with Gasteiger partial charge in [-0.3, -0.25) is 4.90 Å². The summed E-state index contributed by atoms with van der Waals surface area (Å²) >= 11 is 0. The molecule has 3 nitrogen and oxygen atoms in total. The normalized spacial score (nSPS) is 25.7. The first-order valence-corrected chi connectivity index (χ1v) is 9.45. The molecule has 0 N–H and O–H groups in total. The van der Waals surface area contributed by atoms with Crippen molar-refractivity contribution in [1.29, 1.82) is 0 Å². The fourth-order valence-electron chi connectivity index (χ4n) is 4.38. The molecule has 3 heteroatoms. The van der Waals surface area contributed by atoms with Crippen molar-refractivity contribution in [3.63, 3.8) is 0 Å². The van der Waals surface area contributed by atoms with Gasteiger partial charge in [-0.05, 0) is 48.6 Å². The summed E-state index contributed by atoms with van der Waals surface area (Å²) in [6, 6.07) is 4.87. The third kappa shape index (κ3) is 3.44. The topological polar surface area (TPSA) is 19.4 Å². The van der Waals surface area contributed by atoms with Crippen molar-refractivity contribution in [2.75, 3.05) is 31.1 Å². The zero-order valence-corrected chi connectivity index (χ0v) is 15.5. The average molecular weight is 326 g/mol. The Morgan fingerprint density at radius 3 is 2.67 bits per heavy atom. The Hall–Kier alpha value is -1.53. The van der Waals surface area contributed by atoms with Gasteiger partial charge in [-0.25, -0.2) is 4.98 Å². The molecule has 1 aromatic rings. The molecular formula is C21H31N3. The monoisotopic (exact) mass is 325 g/mol. The smallest absolute Gasteiger partial charge is 0.136 e. The maximum absolute atomic E-state index is 5.60. The number of terminal acetylenes is 1. The van der Waals surface area contributed by atoms with Gasteiger partial charge in [0.1, 0.15) is 5.69 Å². The molecule has 0 amide bonds. The lowest BCUT2D eigenvalue weighted by atomic mass is 9.76. The second kappa shape index (κ2) is 7.15. The molecule has 1 saturated carbocycles. The van der Waals surface area contributed by atoms with Crippen LogP contribution in [0, 0.1) is 23.7 Å². The van der Waals surface area contributed by atoms with E-state index in [0.29, 0.717) is 5.41 Å². The zero-order chi connectivity index (χ0) is 17.2. The molecule has 1 saturated heterocycles. The van der Waals surface area contributed by atoms with Gasteiger partial charge in [0.2, 0.25) is 0 Å². The third-order valence-electron chi connectivity index (χ3n) is 6.52. The number of nitrogens with zero attached hydrogens (tertiary/aromatic N) is 3. The minimum absolute atomic E-state index is 0.494. The van der Waals surface area contributed by atoms with Crippen LogP contribution in [-0.4, -0.2) is 42.1 Å². The molecule has 2 atom stereocenters. The van der Waals surface area contributed by atoms with Crippen LogP contribution < -0.4 is 4.90 Å². The van der Waals surface area contributed by atoms with E-state index in [4.69, 9.17) is 6.42 Å². The van der Waals surface area contributed by atoms with E-state index in [1.807, 2.05) is 6.07 Å². The first-order chi connectivity index (χ1) is 11.5. The second-order valence-corrected chi connectivity index (χ2v) is 8.04. The number of pyridine rings is 1. The van der Waals surface area contributed by atoms with Crippen molar-refractivity contribution in [3.05, 3.63) is 24.0 Å². The maximum Gasteiger partial charge on any atom is 0.136 e. The van der Waals surface area contributed by atoms with Crippen LogP contribution >= 0.6 is 0 Å². The molecule has 3 rings (SSSR count). The summed E-state index contributed by atoms with van der Waals surface area (Å²) in [5.41, 5.74) is 2.39. The number of aromatic nitrogens is 1. The predicted molar refractivity (Wildman–Crippen MR) is 101 cm³/mol. The van der Waals surface area contributed by atoms with E-state index in [1.165, 1.54) is 25.7 Å². The van der Waals surface area contributed by atoms with E-state index in [-0.39, 0.29) is 0 Å². The molecule has 2 fully saturated rings. The molecule has 2 heterocycles. The zero-order valence-electron chi connectivity index (χ0n) is 15.5. The highest BCUT2D eigenvalue weighted by Gasteiger charge is 2.37. The second-order valence-electron chi connectivity index (χ2n) is 8.04. The van der Waals surface area contributed by atoms with Crippen LogP contribution in [0.3, 0.4) is 0 Å². The molecule has 1 aliphatic heterocycles. The molecule has 0 aromatic carbocycles. The molecule has 0 spiro atoms. The summed E-state index contributed by atoms with van der Waals surface area (Å²) < 4.78 is 0. The van der Waals surface area contributed by atoms with E-state index in [1.54, 1.807) is 6.20 Å². The quantitative estimate of drug-likeness (QED) is 0.785. The Labute approximate surface area is 147 Å². The lowest BCUT2D eigenvalue weighted by Crippen LogP contribution is -2.50. The Bertz CT molecular complexity index is 593. The Kier molecular flexibility index (Phi) is 5.15. The lowest BCUT2D eigenvalue weighted by Gasteiger charge is -2.40.